The number of aromatic nitrogens is 2. The zero-order valence-electron chi connectivity index (χ0n) is 25.3. The molecule has 242 valence electrons. The lowest BCUT2D eigenvalue weighted by molar-refractivity contribution is -0.139. The summed E-state index contributed by atoms with van der Waals surface area (Å²) in [5.41, 5.74) is 3.96. The van der Waals surface area contributed by atoms with Crippen molar-refractivity contribution in [3.8, 4) is 28.0 Å². The van der Waals surface area contributed by atoms with Crippen LogP contribution < -0.4 is 20.7 Å². The Morgan fingerprint density at radius 2 is 1.80 bits per heavy atom. The van der Waals surface area contributed by atoms with E-state index in [9.17, 15) is 9.59 Å². The van der Waals surface area contributed by atoms with Crippen LogP contribution in [-0.4, -0.2) is 60.7 Å². The van der Waals surface area contributed by atoms with Gasteiger partial charge in [0.15, 0.2) is 5.69 Å². The smallest absolute Gasteiger partial charge is 0.319 e. The highest BCUT2D eigenvalue weighted by molar-refractivity contribution is 6.39. The van der Waals surface area contributed by atoms with E-state index < -0.39 is 11.7 Å². The van der Waals surface area contributed by atoms with Crippen LogP contribution in [0.5, 0.6) is 5.75 Å². The van der Waals surface area contributed by atoms with Crippen molar-refractivity contribution in [2.45, 2.75) is 32.0 Å². The second kappa shape index (κ2) is 15.1. The topological polar surface area (TPSA) is 127 Å². The minimum absolute atomic E-state index is 0.0523. The second-order valence-corrected chi connectivity index (χ2v) is 11.4. The van der Waals surface area contributed by atoms with E-state index in [1.807, 2.05) is 0 Å². The minimum atomic E-state index is -0.476. The lowest BCUT2D eigenvalue weighted by Gasteiger charge is -2.24. The molecule has 0 bridgehead atoms. The molecule has 1 aromatic heterocycles. The van der Waals surface area contributed by atoms with Gasteiger partial charge in [-0.3, -0.25) is 19.6 Å². The van der Waals surface area contributed by atoms with Crippen LogP contribution in [-0.2, 0) is 22.6 Å². The van der Waals surface area contributed by atoms with Crippen molar-refractivity contribution in [1.82, 2.24) is 20.4 Å². The molecule has 1 aliphatic rings. The standard InChI is InChI=1S/C33H34Cl2FN5O5/c1-45-29-15-19(14-24(36)23(29)17-37-11-13-42)20-6-3-7-21(31(20)34)22-8-4-9-26(32(22)35)39-33(44)27-16-28-25(38-18-30(43)46-2)10-5-12-41(28)40-27/h3-4,6-9,14-16,25,37-38,42H,5,10-13,17-18H2,1-2H3,(H,39,44)/t25-/m1/s1. The molecule has 1 atom stereocenters. The quantitative estimate of drug-likeness (QED) is 0.113. The molecule has 3 aromatic carbocycles. The number of hydrogen-bond donors (Lipinski definition) is 4. The maximum atomic E-state index is 15.2. The van der Waals surface area contributed by atoms with Gasteiger partial charge in [-0.15, -0.1) is 0 Å². The molecule has 0 radical (unpaired) electrons. The fraction of sp³-hybridized carbons (Fsp3) is 0.303. The van der Waals surface area contributed by atoms with E-state index in [2.05, 4.69) is 21.0 Å². The van der Waals surface area contributed by atoms with E-state index in [0.29, 0.717) is 57.4 Å². The lowest BCUT2D eigenvalue weighted by atomic mass is 9.97. The number of anilines is 1. The van der Waals surface area contributed by atoms with Crippen molar-refractivity contribution >= 4 is 40.8 Å². The van der Waals surface area contributed by atoms with Gasteiger partial charge in [-0.1, -0.05) is 53.5 Å². The number of nitrogens with zero attached hydrogens (tertiary/aromatic N) is 2. The van der Waals surface area contributed by atoms with Crippen molar-refractivity contribution in [3.63, 3.8) is 0 Å². The molecule has 1 amide bonds. The van der Waals surface area contributed by atoms with Gasteiger partial charge < -0.3 is 25.2 Å². The first-order valence-electron chi connectivity index (χ1n) is 14.7. The fourth-order valence-electron chi connectivity index (χ4n) is 5.48. The number of aryl methyl sites for hydroxylation is 1. The van der Waals surface area contributed by atoms with Crippen LogP contribution in [0.4, 0.5) is 10.1 Å². The van der Waals surface area contributed by atoms with Gasteiger partial charge in [-0.05, 0) is 42.7 Å². The Bertz CT molecular complexity index is 1750. The molecular formula is C33H34Cl2FN5O5. The van der Waals surface area contributed by atoms with Crippen LogP contribution >= 0.6 is 23.2 Å². The van der Waals surface area contributed by atoms with Gasteiger partial charge in [0.2, 0.25) is 0 Å². The van der Waals surface area contributed by atoms with Gasteiger partial charge in [0.05, 0.1) is 48.8 Å². The monoisotopic (exact) mass is 669 g/mol. The van der Waals surface area contributed by atoms with Crippen molar-refractivity contribution in [2.24, 2.45) is 0 Å². The number of aliphatic hydroxyl groups is 1. The van der Waals surface area contributed by atoms with E-state index in [4.69, 9.17) is 37.8 Å². The zero-order valence-corrected chi connectivity index (χ0v) is 26.8. The average Bonchev–Trinajstić information content (AvgIpc) is 3.51. The number of benzene rings is 3. The molecule has 0 saturated carbocycles. The second-order valence-electron chi connectivity index (χ2n) is 10.7. The largest absolute Gasteiger partial charge is 0.496 e. The molecule has 46 heavy (non-hydrogen) atoms. The predicted octanol–water partition coefficient (Wildman–Crippen LogP) is 5.60. The van der Waals surface area contributed by atoms with Crippen LogP contribution in [0.3, 0.4) is 0 Å². The van der Waals surface area contributed by atoms with E-state index in [1.54, 1.807) is 53.2 Å². The fourth-order valence-corrected chi connectivity index (χ4v) is 6.09. The Balaban J connectivity index is 1.40. The number of carbonyl (C=O) groups excluding carboxylic acids is 2. The molecule has 0 unspecified atom stereocenters. The maximum absolute atomic E-state index is 15.2. The molecule has 4 aromatic rings. The summed E-state index contributed by atoms with van der Waals surface area (Å²) in [7, 11) is 2.80. The molecule has 4 N–H and O–H groups in total. The summed E-state index contributed by atoms with van der Waals surface area (Å²) in [6.45, 7) is 1.15. The number of nitrogens with one attached hydrogen (secondary N) is 3. The molecule has 0 spiro atoms. The Morgan fingerprint density at radius 1 is 1.07 bits per heavy atom. The molecule has 2 heterocycles. The number of hydrogen-bond acceptors (Lipinski definition) is 8. The molecule has 10 nitrogen and oxygen atoms in total. The number of carbonyl (C=O) groups is 2. The third-order valence-electron chi connectivity index (χ3n) is 7.80. The molecule has 13 heteroatoms. The van der Waals surface area contributed by atoms with Gasteiger partial charge in [-0.2, -0.15) is 5.10 Å². The number of esters is 1. The van der Waals surface area contributed by atoms with Gasteiger partial charge in [0, 0.05) is 47.9 Å². The summed E-state index contributed by atoms with van der Waals surface area (Å²) in [5, 5.41) is 23.1. The summed E-state index contributed by atoms with van der Waals surface area (Å²) >= 11 is 13.8. The first kappa shape index (κ1) is 33.4. The Hall–Kier alpha value is -4.00. The molecule has 0 saturated heterocycles. The van der Waals surface area contributed by atoms with E-state index >= 15 is 4.39 Å². The first-order chi connectivity index (χ1) is 22.2. The number of amides is 1. The summed E-state index contributed by atoms with van der Waals surface area (Å²) < 4.78 is 27.2. The molecule has 5 rings (SSSR count). The minimum Gasteiger partial charge on any atom is -0.496 e. The van der Waals surface area contributed by atoms with Gasteiger partial charge in [0.25, 0.3) is 5.91 Å². The molecule has 1 aliphatic heterocycles. The van der Waals surface area contributed by atoms with Gasteiger partial charge in [0.1, 0.15) is 11.6 Å². The number of methoxy groups -OCH3 is 2. The Morgan fingerprint density at radius 3 is 2.54 bits per heavy atom. The Kier molecular flexibility index (Phi) is 10.9. The van der Waals surface area contributed by atoms with E-state index in [0.717, 1.165) is 18.5 Å². The van der Waals surface area contributed by atoms with E-state index in [1.165, 1.54) is 20.3 Å². The molecule has 0 fully saturated rings. The van der Waals surface area contributed by atoms with Crippen molar-refractivity contribution < 1.29 is 28.6 Å². The first-order valence-corrected chi connectivity index (χ1v) is 15.5. The molecular weight excluding hydrogens is 636 g/mol. The number of aliphatic hydroxyl groups excluding tert-OH is 1. The van der Waals surface area contributed by atoms with Gasteiger partial charge >= 0.3 is 5.97 Å². The van der Waals surface area contributed by atoms with Crippen LogP contribution in [0.15, 0.2) is 54.6 Å². The lowest BCUT2D eigenvalue weighted by Crippen LogP contribution is -2.32. The SMILES string of the molecule is COC(=O)CN[C@@H]1CCCn2nc(C(=O)Nc3cccc(-c4cccc(-c5cc(F)c(CNCCO)c(OC)c5)c4Cl)c3Cl)cc21. The number of fused-ring (bicyclic) bond motifs is 1. The normalized spacial score (nSPS) is 14.1. The Labute approximate surface area is 275 Å². The van der Waals surface area contributed by atoms with Crippen LogP contribution in [0.1, 0.15) is 40.6 Å². The maximum Gasteiger partial charge on any atom is 0.319 e. The number of halogens is 3. The summed E-state index contributed by atoms with van der Waals surface area (Å²) in [5.74, 6) is -0.946. The third kappa shape index (κ3) is 7.19. The molecule has 0 aliphatic carbocycles. The summed E-state index contributed by atoms with van der Waals surface area (Å²) in [4.78, 5) is 25.0. The highest BCUT2D eigenvalue weighted by Crippen LogP contribution is 2.42. The summed E-state index contributed by atoms with van der Waals surface area (Å²) in [6.07, 6.45) is 1.64. The van der Waals surface area contributed by atoms with Crippen molar-refractivity contribution in [1.29, 1.82) is 0 Å². The van der Waals surface area contributed by atoms with Gasteiger partial charge in [-0.25, -0.2) is 4.39 Å². The van der Waals surface area contributed by atoms with Crippen LogP contribution in [0.2, 0.25) is 10.0 Å². The highest BCUT2D eigenvalue weighted by Gasteiger charge is 2.26. The zero-order chi connectivity index (χ0) is 32.8. The van der Waals surface area contributed by atoms with Crippen molar-refractivity contribution in [3.05, 3.63) is 87.4 Å². The third-order valence-corrected chi connectivity index (χ3v) is 8.61. The predicted molar refractivity (Wildman–Crippen MR) is 175 cm³/mol. The average molecular weight is 671 g/mol. The van der Waals surface area contributed by atoms with Crippen LogP contribution in [0, 0.1) is 5.82 Å². The summed E-state index contributed by atoms with van der Waals surface area (Å²) in [6, 6.07) is 15.3. The number of rotatable bonds is 12. The van der Waals surface area contributed by atoms with E-state index in [-0.39, 0.29) is 42.4 Å². The highest BCUT2D eigenvalue weighted by atomic mass is 35.5. The van der Waals surface area contributed by atoms with Crippen molar-refractivity contribution in [2.75, 3.05) is 39.2 Å². The van der Waals surface area contributed by atoms with Crippen LogP contribution in [0.25, 0.3) is 22.3 Å². The number of ether oxygens (including phenoxy) is 2.